The van der Waals surface area contributed by atoms with Gasteiger partial charge < -0.3 is 20.2 Å². The fourth-order valence-corrected chi connectivity index (χ4v) is 2.28. The normalized spacial score (nSPS) is 23.3. The lowest BCUT2D eigenvalue weighted by molar-refractivity contribution is -0.142. The van der Waals surface area contributed by atoms with E-state index in [-0.39, 0.29) is 24.4 Å². The summed E-state index contributed by atoms with van der Waals surface area (Å²) in [6.45, 7) is 6.44. The molecule has 0 aromatic heterocycles. The van der Waals surface area contributed by atoms with Crippen LogP contribution in [0, 0.1) is 11.8 Å². The fourth-order valence-electron chi connectivity index (χ4n) is 2.28. The number of carbonyl (C=O) groups is 3. The first-order chi connectivity index (χ1) is 9.27. The Hall–Kier alpha value is -1.79. The molecule has 7 heteroatoms. The van der Waals surface area contributed by atoms with Crippen LogP contribution in [0.15, 0.2) is 0 Å². The van der Waals surface area contributed by atoms with Crippen LogP contribution in [-0.2, 0) is 9.59 Å². The highest BCUT2D eigenvalue weighted by Crippen LogP contribution is 2.23. The minimum absolute atomic E-state index is 0.0810. The molecule has 0 spiro atoms. The topological polar surface area (TPSA) is 90.0 Å². The van der Waals surface area contributed by atoms with Crippen LogP contribution in [0.3, 0.4) is 0 Å². The second-order valence-corrected chi connectivity index (χ2v) is 5.35. The number of amides is 3. The van der Waals surface area contributed by atoms with E-state index in [4.69, 9.17) is 5.11 Å². The van der Waals surface area contributed by atoms with Gasteiger partial charge in [0.1, 0.15) is 6.04 Å². The summed E-state index contributed by atoms with van der Waals surface area (Å²) in [7, 11) is 1.67. The van der Waals surface area contributed by atoms with Crippen molar-refractivity contribution in [3.8, 4) is 0 Å². The Bertz CT molecular complexity index is 399. The second kappa shape index (κ2) is 6.58. The molecule has 1 heterocycles. The summed E-state index contributed by atoms with van der Waals surface area (Å²) in [5.41, 5.74) is 0. The molecule has 0 radical (unpaired) electrons. The third-order valence-corrected chi connectivity index (χ3v) is 3.78. The summed E-state index contributed by atoms with van der Waals surface area (Å²) < 4.78 is 0. The molecular weight excluding hydrogens is 262 g/mol. The highest BCUT2D eigenvalue weighted by atomic mass is 16.4. The van der Waals surface area contributed by atoms with E-state index < -0.39 is 17.9 Å². The third-order valence-electron chi connectivity index (χ3n) is 3.78. The first-order valence-electron chi connectivity index (χ1n) is 6.81. The standard InChI is InChI=1S/C13H23N3O4/c1-5-15(4)11(17)9(3)14-13(20)16-6-8(2)10(7-16)12(18)19/h8-10H,5-7H2,1-4H3,(H,14,20)(H,18,19)/t8-,9?,10-/m1/s1. The monoisotopic (exact) mass is 285 g/mol. The van der Waals surface area contributed by atoms with Crippen molar-refractivity contribution in [1.29, 1.82) is 0 Å². The smallest absolute Gasteiger partial charge is 0.318 e. The zero-order chi connectivity index (χ0) is 15.4. The maximum Gasteiger partial charge on any atom is 0.318 e. The van der Waals surface area contributed by atoms with Gasteiger partial charge in [0, 0.05) is 26.7 Å². The molecule has 1 fully saturated rings. The summed E-state index contributed by atoms with van der Waals surface area (Å²) in [4.78, 5) is 37.9. The second-order valence-electron chi connectivity index (χ2n) is 5.35. The molecule has 114 valence electrons. The summed E-state index contributed by atoms with van der Waals surface area (Å²) in [5.74, 6) is -1.67. The molecule has 0 saturated carbocycles. The van der Waals surface area contributed by atoms with Crippen LogP contribution in [0.4, 0.5) is 4.79 Å². The molecule has 1 unspecified atom stereocenters. The van der Waals surface area contributed by atoms with E-state index in [0.29, 0.717) is 13.1 Å². The van der Waals surface area contributed by atoms with Crippen LogP contribution in [0.1, 0.15) is 20.8 Å². The summed E-state index contributed by atoms with van der Waals surface area (Å²) in [6.07, 6.45) is 0. The number of hydrogen-bond acceptors (Lipinski definition) is 3. The van der Waals surface area contributed by atoms with Gasteiger partial charge in [0.25, 0.3) is 0 Å². The quantitative estimate of drug-likeness (QED) is 0.773. The Labute approximate surface area is 118 Å². The van der Waals surface area contributed by atoms with Gasteiger partial charge in [-0.15, -0.1) is 0 Å². The molecule has 1 aliphatic heterocycles. The Morgan fingerprint density at radius 2 is 2.00 bits per heavy atom. The Morgan fingerprint density at radius 1 is 1.40 bits per heavy atom. The molecule has 0 aromatic rings. The predicted octanol–water partition coefficient (Wildman–Crippen LogP) is 0.215. The van der Waals surface area contributed by atoms with Gasteiger partial charge in [-0.25, -0.2) is 4.79 Å². The molecule has 2 N–H and O–H groups in total. The van der Waals surface area contributed by atoms with Crippen LogP contribution in [-0.4, -0.2) is 65.5 Å². The maximum atomic E-state index is 12.0. The van der Waals surface area contributed by atoms with E-state index in [9.17, 15) is 14.4 Å². The Balaban J connectivity index is 2.56. The van der Waals surface area contributed by atoms with Gasteiger partial charge in [-0.2, -0.15) is 0 Å². The van der Waals surface area contributed by atoms with Crippen molar-refractivity contribution in [2.45, 2.75) is 26.8 Å². The van der Waals surface area contributed by atoms with Gasteiger partial charge in [-0.05, 0) is 19.8 Å². The SMILES string of the molecule is CCN(C)C(=O)C(C)NC(=O)N1C[C@@H](C)[C@H](C(=O)O)C1. The first kappa shape index (κ1) is 16.3. The molecule has 1 aliphatic rings. The molecule has 20 heavy (non-hydrogen) atoms. The number of urea groups is 1. The third kappa shape index (κ3) is 3.61. The zero-order valence-corrected chi connectivity index (χ0v) is 12.4. The molecule has 0 bridgehead atoms. The summed E-state index contributed by atoms with van der Waals surface area (Å²) in [6, 6.07) is -1.00. The Kier molecular flexibility index (Phi) is 5.35. The van der Waals surface area contributed by atoms with Crippen molar-refractivity contribution < 1.29 is 19.5 Å². The summed E-state index contributed by atoms with van der Waals surface area (Å²) >= 11 is 0. The molecule has 0 aliphatic carbocycles. The number of carbonyl (C=O) groups excluding carboxylic acids is 2. The van der Waals surface area contributed by atoms with Crippen molar-refractivity contribution in [3.63, 3.8) is 0 Å². The van der Waals surface area contributed by atoms with Crippen LogP contribution >= 0.6 is 0 Å². The molecule has 1 rings (SSSR count). The lowest BCUT2D eigenvalue weighted by atomic mass is 9.99. The molecule has 0 aromatic carbocycles. The van der Waals surface area contributed by atoms with Gasteiger partial charge in [-0.3, -0.25) is 9.59 Å². The number of likely N-dealkylation sites (tertiary alicyclic amines) is 1. The van der Waals surface area contributed by atoms with Crippen molar-refractivity contribution >= 4 is 17.9 Å². The molecule has 7 nitrogen and oxygen atoms in total. The average molecular weight is 285 g/mol. The van der Waals surface area contributed by atoms with E-state index in [1.54, 1.807) is 14.0 Å². The van der Waals surface area contributed by atoms with Crippen molar-refractivity contribution in [1.82, 2.24) is 15.1 Å². The van der Waals surface area contributed by atoms with Gasteiger partial charge in [0.05, 0.1) is 5.92 Å². The van der Waals surface area contributed by atoms with Gasteiger partial charge >= 0.3 is 12.0 Å². The number of nitrogens with zero attached hydrogens (tertiary/aromatic N) is 2. The Morgan fingerprint density at radius 3 is 2.45 bits per heavy atom. The van der Waals surface area contributed by atoms with E-state index in [1.807, 2.05) is 13.8 Å². The number of hydrogen-bond donors (Lipinski definition) is 2. The predicted molar refractivity (Wildman–Crippen MR) is 73.2 cm³/mol. The van der Waals surface area contributed by atoms with Gasteiger partial charge in [-0.1, -0.05) is 6.92 Å². The fraction of sp³-hybridized carbons (Fsp3) is 0.769. The van der Waals surface area contributed by atoms with Crippen LogP contribution in [0.2, 0.25) is 0 Å². The van der Waals surface area contributed by atoms with Crippen LogP contribution in [0.5, 0.6) is 0 Å². The molecule has 3 atom stereocenters. The molecule has 1 saturated heterocycles. The van der Waals surface area contributed by atoms with Crippen molar-refractivity contribution in [2.24, 2.45) is 11.8 Å². The zero-order valence-electron chi connectivity index (χ0n) is 12.4. The highest BCUT2D eigenvalue weighted by molar-refractivity contribution is 5.87. The highest BCUT2D eigenvalue weighted by Gasteiger charge is 2.37. The van der Waals surface area contributed by atoms with Crippen LogP contribution < -0.4 is 5.32 Å². The van der Waals surface area contributed by atoms with Crippen LogP contribution in [0.25, 0.3) is 0 Å². The average Bonchev–Trinajstić information content (AvgIpc) is 2.79. The van der Waals surface area contributed by atoms with E-state index in [1.165, 1.54) is 9.80 Å². The lowest BCUT2D eigenvalue weighted by Crippen LogP contribution is -2.49. The molecule has 3 amide bonds. The minimum Gasteiger partial charge on any atom is -0.481 e. The van der Waals surface area contributed by atoms with E-state index >= 15 is 0 Å². The van der Waals surface area contributed by atoms with Crippen molar-refractivity contribution in [3.05, 3.63) is 0 Å². The first-order valence-corrected chi connectivity index (χ1v) is 6.81. The van der Waals surface area contributed by atoms with Gasteiger partial charge in [0.2, 0.25) is 5.91 Å². The number of carboxylic acid groups (broad SMARTS) is 1. The van der Waals surface area contributed by atoms with Gasteiger partial charge in [0.15, 0.2) is 0 Å². The minimum atomic E-state index is -0.886. The maximum absolute atomic E-state index is 12.0. The number of carboxylic acids is 1. The van der Waals surface area contributed by atoms with E-state index in [0.717, 1.165) is 0 Å². The number of rotatable bonds is 4. The van der Waals surface area contributed by atoms with E-state index in [2.05, 4.69) is 5.32 Å². The number of nitrogens with one attached hydrogen (secondary N) is 1. The number of likely N-dealkylation sites (N-methyl/N-ethyl adjacent to an activating group) is 1. The molecular formula is C13H23N3O4. The largest absolute Gasteiger partial charge is 0.481 e. The number of aliphatic carboxylic acids is 1. The lowest BCUT2D eigenvalue weighted by Gasteiger charge is -2.23. The van der Waals surface area contributed by atoms with Crippen molar-refractivity contribution in [2.75, 3.05) is 26.7 Å². The summed E-state index contributed by atoms with van der Waals surface area (Å²) in [5, 5.41) is 11.7.